The van der Waals surface area contributed by atoms with Crippen LogP contribution in [0.1, 0.15) is 28.8 Å². The molecule has 0 heterocycles. The van der Waals surface area contributed by atoms with E-state index in [-0.39, 0.29) is 16.6 Å². The largest absolute Gasteiger partial charge is 0.383 e. The van der Waals surface area contributed by atoms with Gasteiger partial charge in [-0.05, 0) is 48.9 Å². The van der Waals surface area contributed by atoms with Gasteiger partial charge in [0.25, 0.3) is 5.91 Å². The van der Waals surface area contributed by atoms with Gasteiger partial charge in [0.2, 0.25) is 5.91 Å². The van der Waals surface area contributed by atoms with Crippen molar-refractivity contribution in [2.24, 2.45) is 5.92 Å². The summed E-state index contributed by atoms with van der Waals surface area (Å²) in [6, 6.07) is 9.38. The van der Waals surface area contributed by atoms with Crippen molar-refractivity contribution in [3.05, 3.63) is 62.6 Å². The van der Waals surface area contributed by atoms with Gasteiger partial charge in [-0.3, -0.25) is 15.0 Å². The second-order valence-electron chi connectivity index (χ2n) is 7.47. The molecule has 0 radical (unpaired) electrons. The van der Waals surface area contributed by atoms with Crippen LogP contribution in [0.25, 0.3) is 0 Å². The molecule has 1 aliphatic carbocycles. The summed E-state index contributed by atoms with van der Waals surface area (Å²) < 4.78 is 3.69. The summed E-state index contributed by atoms with van der Waals surface area (Å²) in [5.74, 6) is -2.08. The summed E-state index contributed by atoms with van der Waals surface area (Å²) in [6.07, 6.45) is 0. The zero-order valence-corrected chi connectivity index (χ0v) is 20.8. The van der Waals surface area contributed by atoms with Crippen LogP contribution in [0.2, 0.25) is 15.1 Å². The summed E-state index contributed by atoms with van der Waals surface area (Å²) in [6.45, 7) is 2.24. The SMILES string of the molecule is COCC(C)NNC(=O)c1cc(NC(=O)[C@H]2[C@H](c3cc(Cl)cc(Cl)c3)C2(Cl)Cl)ccc1Cl. The van der Waals surface area contributed by atoms with Gasteiger partial charge in [0, 0.05) is 34.8 Å². The van der Waals surface area contributed by atoms with Crippen LogP contribution < -0.4 is 16.2 Å². The van der Waals surface area contributed by atoms with Gasteiger partial charge in [-0.2, -0.15) is 0 Å². The number of alkyl halides is 2. The van der Waals surface area contributed by atoms with Gasteiger partial charge >= 0.3 is 0 Å². The summed E-state index contributed by atoms with van der Waals surface area (Å²) in [7, 11) is 1.56. The number of carbonyl (C=O) groups is 2. The molecular formula is C21H20Cl5N3O3. The van der Waals surface area contributed by atoms with Crippen molar-refractivity contribution in [2.75, 3.05) is 19.0 Å². The van der Waals surface area contributed by atoms with Crippen molar-refractivity contribution >= 4 is 75.5 Å². The lowest BCUT2D eigenvalue weighted by Gasteiger charge is -2.15. The van der Waals surface area contributed by atoms with E-state index in [1.54, 1.807) is 31.4 Å². The van der Waals surface area contributed by atoms with Crippen LogP contribution >= 0.6 is 58.0 Å². The van der Waals surface area contributed by atoms with E-state index >= 15 is 0 Å². The van der Waals surface area contributed by atoms with E-state index in [0.29, 0.717) is 27.9 Å². The van der Waals surface area contributed by atoms with Crippen LogP contribution in [0.3, 0.4) is 0 Å². The maximum atomic E-state index is 12.9. The Morgan fingerprint density at radius 2 is 1.75 bits per heavy atom. The zero-order valence-electron chi connectivity index (χ0n) is 17.0. The number of ether oxygens (including phenoxy) is 1. The first kappa shape index (κ1) is 25.4. The third kappa shape index (κ3) is 5.81. The Balaban J connectivity index is 1.71. The summed E-state index contributed by atoms with van der Waals surface area (Å²) in [5.41, 5.74) is 6.59. The van der Waals surface area contributed by atoms with E-state index in [1.807, 2.05) is 6.92 Å². The number of carbonyl (C=O) groups excluding carboxylic acids is 2. The Kier molecular flexibility index (Phi) is 8.20. The van der Waals surface area contributed by atoms with E-state index in [4.69, 9.17) is 62.7 Å². The van der Waals surface area contributed by atoms with Gasteiger partial charge in [0.05, 0.1) is 23.1 Å². The van der Waals surface area contributed by atoms with Crippen LogP contribution in [0, 0.1) is 5.92 Å². The molecule has 172 valence electrons. The Hall–Kier alpha value is -1.25. The molecule has 3 rings (SSSR count). The topological polar surface area (TPSA) is 79.5 Å². The quantitative estimate of drug-likeness (QED) is 0.308. The van der Waals surface area contributed by atoms with E-state index < -0.39 is 28.0 Å². The third-order valence-electron chi connectivity index (χ3n) is 4.91. The molecule has 2 aromatic carbocycles. The Morgan fingerprint density at radius 3 is 2.38 bits per heavy atom. The van der Waals surface area contributed by atoms with Crippen LogP contribution in [-0.2, 0) is 9.53 Å². The first-order valence-electron chi connectivity index (χ1n) is 9.53. The summed E-state index contributed by atoms with van der Waals surface area (Å²) in [5, 5.41) is 3.81. The number of hydrogen-bond acceptors (Lipinski definition) is 4. The van der Waals surface area contributed by atoms with Crippen molar-refractivity contribution in [1.29, 1.82) is 0 Å². The lowest BCUT2D eigenvalue weighted by atomic mass is 10.1. The Morgan fingerprint density at radius 1 is 1.09 bits per heavy atom. The number of nitrogens with one attached hydrogen (secondary N) is 3. The maximum absolute atomic E-state index is 12.9. The Labute approximate surface area is 210 Å². The number of methoxy groups -OCH3 is 1. The minimum atomic E-state index is -1.31. The molecule has 1 saturated carbocycles. The highest BCUT2D eigenvalue weighted by molar-refractivity contribution is 6.53. The average molecular weight is 540 g/mol. The summed E-state index contributed by atoms with van der Waals surface area (Å²) >= 11 is 31.1. The molecule has 3 N–H and O–H groups in total. The van der Waals surface area contributed by atoms with Crippen molar-refractivity contribution in [3.63, 3.8) is 0 Å². The molecule has 1 aliphatic rings. The Bertz CT molecular complexity index is 1010. The van der Waals surface area contributed by atoms with Crippen molar-refractivity contribution in [1.82, 2.24) is 10.9 Å². The molecule has 0 aliphatic heterocycles. The molecule has 0 saturated heterocycles. The van der Waals surface area contributed by atoms with Crippen molar-refractivity contribution in [2.45, 2.75) is 23.2 Å². The van der Waals surface area contributed by atoms with Crippen molar-refractivity contribution in [3.8, 4) is 0 Å². The zero-order chi connectivity index (χ0) is 23.6. The van der Waals surface area contributed by atoms with Gasteiger partial charge in [-0.25, -0.2) is 5.43 Å². The number of hydrogen-bond donors (Lipinski definition) is 3. The van der Waals surface area contributed by atoms with Gasteiger partial charge in [-0.1, -0.05) is 34.8 Å². The van der Waals surface area contributed by atoms with Crippen LogP contribution in [-0.4, -0.2) is 35.9 Å². The monoisotopic (exact) mass is 537 g/mol. The molecule has 1 fully saturated rings. The number of benzene rings is 2. The normalized spacial score (nSPS) is 19.8. The van der Waals surface area contributed by atoms with Crippen LogP contribution in [0.15, 0.2) is 36.4 Å². The second-order valence-corrected chi connectivity index (χ2v) is 10.2. The highest BCUT2D eigenvalue weighted by atomic mass is 35.5. The lowest BCUT2D eigenvalue weighted by Crippen LogP contribution is -2.44. The maximum Gasteiger partial charge on any atom is 0.266 e. The molecule has 1 unspecified atom stereocenters. The predicted octanol–water partition coefficient (Wildman–Crippen LogP) is 5.44. The fourth-order valence-electron chi connectivity index (χ4n) is 3.37. The molecule has 2 amide bonds. The molecule has 2 aromatic rings. The first-order chi connectivity index (χ1) is 15.0. The van der Waals surface area contributed by atoms with E-state index in [1.165, 1.54) is 12.1 Å². The van der Waals surface area contributed by atoms with Gasteiger partial charge in [0.1, 0.15) is 4.33 Å². The fourth-order valence-corrected chi connectivity index (χ4v) is 4.94. The number of rotatable bonds is 8. The highest BCUT2D eigenvalue weighted by Crippen LogP contribution is 2.65. The number of anilines is 1. The molecular weight excluding hydrogens is 520 g/mol. The van der Waals surface area contributed by atoms with Gasteiger partial charge in [0.15, 0.2) is 0 Å². The smallest absolute Gasteiger partial charge is 0.266 e. The number of amides is 2. The number of halogens is 5. The van der Waals surface area contributed by atoms with E-state index in [9.17, 15) is 9.59 Å². The lowest BCUT2D eigenvalue weighted by molar-refractivity contribution is -0.117. The molecule has 3 atom stereocenters. The molecule has 0 bridgehead atoms. The fraction of sp³-hybridized carbons (Fsp3) is 0.333. The minimum absolute atomic E-state index is 0.113. The van der Waals surface area contributed by atoms with E-state index in [0.717, 1.165) is 0 Å². The van der Waals surface area contributed by atoms with Crippen LogP contribution in [0.5, 0.6) is 0 Å². The van der Waals surface area contributed by atoms with Crippen molar-refractivity contribution < 1.29 is 14.3 Å². The highest BCUT2D eigenvalue weighted by Gasteiger charge is 2.67. The average Bonchev–Trinajstić information content (AvgIpc) is 3.29. The standard InChI is InChI=1S/C21H20Cl5N3O3/c1-10(9-32-2)28-29-19(30)15-8-14(3-4-16(15)24)27-20(31)18-17(21(18,25)26)11-5-12(22)7-13(23)6-11/h3-8,10,17-18,28H,9H2,1-2H3,(H,27,31)(H,29,30)/t10?,17-,18+/m0/s1. The first-order valence-corrected chi connectivity index (χ1v) is 11.4. The molecule has 6 nitrogen and oxygen atoms in total. The minimum Gasteiger partial charge on any atom is -0.383 e. The van der Waals surface area contributed by atoms with E-state index in [2.05, 4.69) is 16.2 Å². The molecule has 11 heteroatoms. The third-order valence-corrected chi connectivity index (χ3v) is 6.61. The summed E-state index contributed by atoms with van der Waals surface area (Å²) in [4.78, 5) is 25.4. The van der Waals surface area contributed by atoms with Gasteiger partial charge < -0.3 is 10.1 Å². The second kappa shape index (κ2) is 10.3. The molecule has 0 spiro atoms. The number of hydrazine groups is 1. The molecule has 32 heavy (non-hydrogen) atoms. The molecule has 0 aromatic heterocycles. The predicted molar refractivity (Wildman–Crippen MR) is 129 cm³/mol. The van der Waals surface area contributed by atoms with Crippen LogP contribution in [0.4, 0.5) is 5.69 Å². The van der Waals surface area contributed by atoms with Gasteiger partial charge in [-0.15, -0.1) is 23.2 Å².